The first-order valence-corrected chi connectivity index (χ1v) is 10.2. The smallest absolute Gasteiger partial charge is 0.261 e. The highest BCUT2D eigenvalue weighted by Crippen LogP contribution is 2.27. The van der Waals surface area contributed by atoms with Crippen LogP contribution < -0.4 is 10.1 Å². The second-order valence-electron chi connectivity index (χ2n) is 7.70. The highest BCUT2D eigenvalue weighted by atomic mass is 16.5. The number of ether oxygens (including phenoxy) is 1. The Balaban J connectivity index is 1.44. The van der Waals surface area contributed by atoms with Crippen molar-refractivity contribution in [1.29, 1.82) is 0 Å². The summed E-state index contributed by atoms with van der Waals surface area (Å²) in [6.07, 6.45) is 4.29. The number of carbonyl (C=O) groups is 1. The Kier molecular flexibility index (Phi) is 5.34. The predicted octanol–water partition coefficient (Wildman–Crippen LogP) is 5.36. The van der Waals surface area contributed by atoms with E-state index >= 15 is 0 Å². The van der Waals surface area contributed by atoms with Crippen LogP contribution in [-0.2, 0) is 17.6 Å². The van der Waals surface area contributed by atoms with Crippen molar-refractivity contribution in [2.24, 2.45) is 0 Å². The largest absolute Gasteiger partial charge is 0.480 e. The van der Waals surface area contributed by atoms with Crippen molar-refractivity contribution in [1.82, 2.24) is 5.32 Å². The van der Waals surface area contributed by atoms with Gasteiger partial charge in [-0.3, -0.25) is 4.79 Å². The molecule has 0 spiro atoms. The molecule has 0 unspecified atom stereocenters. The number of rotatable bonds is 5. The summed E-state index contributed by atoms with van der Waals surface area (Å²) in [5.74, 6) is 0.639. The number of hydrogen-bond donors (Lipinski definition) is 1. The van der Waals surface area contributed by atoms with Crippen molar-refractivity contribution >= 4 is 16.7 Å². The lowest BCUT2D eigenvalue weighted by Gasteiger charge is -2.22. The van der Waals surface area contributed by atoms with Gasteiger partial charge in [0.25, 0.3) is 5.91 Å². The second kappa shape index (κ2) is 8.05. The zero-order valence-corrected chi connectivity index (χ0v) is 16.6. The van der Waals surface area contributed by atoms with Gasteiger partial charge in [-0.2, -0.15) is 0 Å². The molecule has 1 aliphatic carbocycles. The summed E-state index contributed by atoms with van der Waals surface area (Å²) >= 11 is 0. The maximum absolute atomic E-state index is 12.7. The van der Waals surface area contributed by atoms with Crippen LogP contribution in [-0.4, -0.2) is 12.0 Å². The second-order valence-corrected chi connectivity index (χ2v) is 7.70. The molecular formula is C25H27NO2. The van der Waals surface area contributed by atoms with Crippen LogP contribution in [0.2, 0.25) is 0 Å². The Labute approximate surface area is 166 Å². The molecule has 1 amide bonds. The summed E-state index contributed by atoms with van der Waals surface area (Å²) < 4.78 is 6.00. The molecule has 1 N–H and O–H groups in total. The summed E-state index contributed by atoms with van der Waals surface area (Å²) in [5.41, 5.74) is 4.05. The fourth-order valence-electron chi connectivity index (χ4n) is 3.98. The minimum absolute atomic E-state index is 0.0432. The van der Waals surface area contributed by atoms with Crippen molar-refractivity contribution in [2.75, 3.05) is 0 Å². The van der Waals surface area contributed by atoms with E-state index in [1.54, 1.807) is 6.92 Å². The summed E-state index contributed by atoms with van der Waals surface area (Å²) in [7, 11) is 0. The lowest BCUT2D eigenvalue weighted by molar-refractivity contribution is -0.127. The van der Waals surface area contributed by atoms with Gasteiger partial charge in [0, 0.05) is 5.39 Å². The van der Waals surface area contributed by atoms with Gasteiger partial charge in [-0.15, -0.1) is 0 Å². The average molecular weight is 373 g/mol. The van der Waals surface area contributed by atoms with Crippen LogP contribution in [0.3, 0.4) is 0 Å². The molecule has 0 bridgehead atoms. The molecule has 3 aromatic carbocycles. The third kappa shape index (κ3) is 3.89. The molecule has 0 aliphatic heterocycles. The molecule has 28 heavy (non-hydrogen) atoms. The molecule has 0 saturated heterocycles. The van der Waals surface area contributed by atoms with Gasteiger partial charge in [0.2, 0.25) is 0 Å². The number of benzene rings is 3. The molecule has 3 heteroatoms. The number of carbonyl (C=O) groups excluding carboxylic acids is 1. The van der Waals surface area contributed by atoms with Gasteiger partial charge in [-0.25, -0.2) is 0 Å². The fourth-order valence-corrected chi connectivity index (χ4v) is 3.98. The van der Waals surface area contributed by atoms with Gasteiger partial charge in [0.05, 0.1) is 6.04 Å². The number of fused-ring (bicyclic) bond motifs is 2. The first-order chi connectivity index (χ1) is 13.6. The van der Waals surface area contributed by atoms with E-state index in [1.807, 2.05) is 49.4 Å². The average Bonchev–Trinajstić information content (AvgIpc) is 2.73. The normalized spacial score (nSPS) is 15.5. The minimum Gasteiger partial charge on any atom is -0.480 e. The predicted molar refractivity (Wildman–Crippen MR) is 114 cm³/mol. The van der Waals surface area contributed by atoms with Crippen LogP contribution in [0.25, 0.3) is 10.8 Å². The van der Waals surface area contributed by atoms with Crippen LogP contribution >= 0.6 is 0 Å². The molecule has 144 valence electrons. The maximum atomic E-state index is 12.7. The van der Waals surface area contributed by atoms with E-state index in [9.17, 15) is 4.79 Å². The van der Waals surface area contributed by atoms with Crippen molar-refractivity contribution < 1.29 is 9.53 Å². The Hall–Kier alpha value is -2.81. The van der Waals surface area contributed by atoms with Gasteiger partial charge in [-0.05, 0) is 67.7 Å². The van der Waals surface area contributed by atoms with E-state index in [1.165, 1.54) is 30.4 Å². The van der Waals surface area contributed by atoms with Crippen LogP contribution in [0.4, 0.5) is 0 Å². The van der Waals surface area contributed by atoms with Gasteiger partial charge < -0.3 is 10.1 Å². The van der Waals surface area contributed by atoms with Crippen molar-refractivity contribution in [2.45, 2.75) is 51.7 Å². The van der Waals surface area contributed by atoms with Crippen LogP contribution in [0.1, 0.15) is 49.4 Å². The summed E-state index contributed by atoms with van der Waals surface area (Å²) in [5, 5.41) is 5.23. The fraction of sp³-hybridized carbons (Fsp3) is 0.320. The molecule has 3 nitrogen and oxygen atoms in total. The van der Waals surface area contributed by atoms with Crippen LogP contribution in [0, 0.1) is 0 Å². The van der Waals surface area contributed by atoms with Gasteiger partial charge in [-0.1, -0.05) is 54.6 Å². The standard InChI is InChI=1S/C25H27NO2/c1-17(21-15-14-19-8-3-4-10-22(19)16-21)26-25(27)18(2)28-24-13-7-11-20-9-5-6-12-23(20)24/h5-7,9,11-18H,3-4,8,10H2,1-2H3,(H,26,27)/t17-,18-/m1/s1. The third-order valence-electron chi connectivity index (χ3n) is 5.65. The first kappa shape index (κ1) is 18.5. The highest BCUT2D eigenvalue weighted by molar-refractivity contribution is 5.89. The number of amides is 1. The lowest BCUT2D eigenvalue weighted by Crippen LogP contribution is -2.37. The van der Waals surface area contributed by atoms with E-state index in [0.717, 1.165) is 28.5 Å². The Morgan fingerprint density at radius 1 is 0.929 bits per heavy atom. The molecule has 1 aliphatic rings. The van der Waals surface area contributed by atoms with E-state index in [4.69, 9.17) is 4.74 Å². The Bertz CT molecular complexity index is 990. The molecule has 0 heterocycles. The topological polar surface area (TPSA) is 38.3 Å². The number of hydrogen-bond acceptors (Lipinski definition) is 2. The van der Waals surface area contributed by atoms with E-state index in [-0.39, 0.29) is 11.9 Å². The Morgan fingerprint density at radius 3 is 2.54 bits per heavy atom. The maximum Gasteiger partial charge on any atom is 0.261 e. The van der Waals surface area contributed by atoms with E-state index < -0.39 is 6.10 Å². The van der Waals surface area contributed by atoms with Crippen molar-refractivity contribution in [3.05, 3.63) is 77.4 Å². The summed E-state index contributed by atoms with van der Waals surface area (Å²) in [6, 6.07) is 20.6. The number of aryl methyl sites for hydroxylation is 2. The zero-order chi connectivity index (χ0) is 19.5. The molecule has 2 atom stereocenters. The number of nitrogens with one attached hydrogen (secondary N) is 1. The molecule has 0 aromatic heterocycles. The van der Waals surface area contributed by atoms with Crippen LogP contribution in [0.5, 0.6) is 5.75 Å². The molecular weight excluding hydrogens is 346 g/mol. The van der Waals surface area contributed by atoms with Crippen LogP contribution in [0.15, 0.2) is 60.7 Å². The molecule has 3 aromatic rings. The third-order valence-corrected chi connectivity index (χ3v) is 5.65. The SMILES string of the molecule is C[C@@H](Oc1cccc2ccccc12)C(=O)N[C@H](C)c1ccc2c(c1)CCCC2. The van der Waals surface area contributed by atoms with E-state index in [0.29, 0.717) is 0 Å². The quantitative estimate of drug-likeness (QED) is 0.653. The highest BCUT2D eigenvalue weighted by Gasteiger charge is 2.19. The Morgan fingerprint density at radius 2 is 1.68 bits per heavy atom. The van der Waals surface area contributed by atoms with Crippen molar-refractivity contribution in [3.8, 4) is 5.75 Å². The lowest BCUT2D eigenvalue weighted by atomic mass is 9.89. The molecule has 0 radical (unpaired) electrons. The first-order valence-electron chi connectivity index (χ1n) is 10.2. The van der Waals surface area contributed by atoms with Gasteiger partial charge in [0.15, 0.2) is 6.10 Å². The van der Waals surface area contributed by atoms with Crippen molar-refractivity contribution in [3.63, 3.8) is 0 Å². The van der Waals surface area contributed by atoms with Gasteiger partial charge in [0.1, 0.15) is 5.75 Å². The minimum atomic E-state index is -0.564. The molecule has 4 rings (SSSR count). The monoisotopic (exact) mass is 373 g/mol. The van der Waals surface area contributed by atoms with E-state index in [2.05, 4.69) is 23.5 Å². The van der Waals surface area contributed by atoms with Gasteiger partial charge >= 0.3 is 0 Å². The molecule has 0 fully saturated rings. The molecule has 0 saturated carbocycles. The summed E-state index contributed by atoms with van der Waals surface area (Å²) in [6.45, 7) is 3.84. The zero-order valence-electron chi connectivity index (χ0n) is 16.6. The summed E-state index contributed by atoms with van der Waals surface area (Å²) in [4.78, 5) is 12.7.